The maximum atomic E-state index is 4.14. The zero-order valence-corrected chi connectivity index (χ0v) is 6.96. The third kappa shape index (κ3) is 1.19. The molecule has 3 heteroatoms. The molecule has 10 heavy (non-hydrogen) atoms. The highest BCUT2D eigenvalue weighted by Gasteiger charge is 1.89. The van der Waals surface area contributed by atoms with Crippen LogP contribution in [0.1, 0.15) is 6.92 Å². The van der Waals surface area contributed by atoms with Gasteiger partial charge in [-0.05, 0) is 6.92 Å². The van der Waals surface area contributed by atoms with Gasteiger partial charge in [-0.3, -0.25) is 0 Å². The summed E-state index contributed by atoms with van der Waals surface area (Å²) in [5.41, 5.74) is 2.88. The first kappa shape index (κ1) is 7.28. The minimum Gasteiger partial charge on any atom is -0.390 e. The lowest BCUT2D eigenvalue weighted by Crippen LogP contribution is -2.26. The molecule has 0 aliphatic carbocycles. The predicted octanol–water partition coefficient (Wildman–Crippen LogP) is -0.0991. The van der Waals surface area contributed by atoms with Gasteiger partial charge in [-0.1, -0.05) is 6.58 Å². The van der Waals surface area contributed by atoms with Crippen LogP contribution in [-0.2, 0) is 0 Å². The van der Waals surface area contributed by atoms with Gasteiger partial charge in [-0.15, -0.1) is 11.3 Å². The van der Waals surface area contributed by atoms with E-state index >= 15 is 0 Å². The predicted molar refractivity (Wildman–Crippen MR) is 45.0 cm³/mol. The fourth-order valence-electron chi connectivity index (χ4n) is 0.695. The summed E-state index contributed by atoms with van der Waals surface area (Å²) in [6.07, 6.45) is 0. The molecule has 0 saturated heterocycles. The third-order valence-electron chi connectivity index (χ3n) is 1.37. The lowest BCUT2D eigenvalue weighted by atomic mass is 10.4. The number of aromatic nitrogens is 1. The summed E-state index contributed by atoms with van der Waals surface area (Å²) in [7, 11) is 1.88. The summed E-state index contributed by atoms with van der Waals surface area (Å²) in [5.74, 6) is 0. The van der Waals surface area contributed by atoms with Gasteiger partial charge in [0.15, 0.2) is 0 Å². The lowest BCUT2D eigenvalue weighted by molar-refractivity contribution is 1.07. The highest BCUT2D eigenvalue weighted by molar-refractivity contribution is 7.07. The van der Waals surface area contributed by atoms with E-state index in [4.69, 9.17) is 0 Å². The average Bonchev–Trinajstić information content (AvgIpc) is 2.34. The van der Waals surface area contributed by atoms with Crippen LogP contribution in [-0.4, -0.2) is 12.0 Å². The van der Waals surface area contributed by atoms with Gasteiger partial charge >= 0.3 is 0 Å². The van der Waals surface area contributed by atoms with Crippen LogP contribution in [0, 0.1) is 0 Å². The van der Waals surface area contributed by atoms with E-state index in [1.165, 1.54) is 0 Å². The molecule has 0 bridgehead atoms. The third-order valence-corrected chi connectivity index (χ3v) is 2.06. The SMILES string of the molecule is C=c1scn/c1=C(/C)NC. The Hall–Kier alpha value is -0.830. The van der Waals surface area contributed by atoms with Crippen LogP contribution in [0.3, 0.4) is 0 Å². The van der Waals surface area contributed by atoms with Crippen molar-refractivity contribution >= 4 is 23.6 Å². The fourth-order valence-corrected chi connectivity index (χ4v) is 1.30. The van der Waals surface area contributed by atoms with E-state index in [2.05, 4.69) is 16.9 Å². The molecule has 1 N–H and O–H groups in total. The minimum absolute atomic E-state index is 0.979. The molecule has 0 aliphatic heterocycles. The summed E-state index contributed by atoms with van der Waals surface area (Å²) >= 11 is 1.57. The first-order chi connectivity index (χ1) is 4.75. The van der Waals surface area contributed by atoms with E-state index in [-0.39, 0.29) is 0 Å². The highest BCUT2D eigenvalue weighted by atomic mass is 32.1. The molecule has 1 aromatic heterocycles. The van der Waals surface area contributed by atoms with Gasteiger partial charge in [0.1, 0.15) is 0 Å². The summed E-state index contributed by atoms with van der Waals surface area (Å²) in [6, 6.07) is 0. The number of nitrogens with zero attached hydrogens (tertiary/aromatic N) is 1. The summed E-state index contributed by atoms with van der Waals surface area (Å²) in [4.78, 5) is 4.14. The van der Waals surface area contributed by atoms with Crippen LogP contribution >= 0.6 is 11.3 Å². The Morgan fingerprint density at radius 2 is 2.50 bits per heavy atom. The zero-order valence-electron chi connectivity index (χ0n) is 6.14. The quantitative estimate of drug-likeness (QED) is 0.611. The van der Waals surface area contributed by atoms with Crippen molar-refractivity contribution in [2.45, 2.75) is 6.92 Å². The molecule has 1 heterocycles. The Labute approximate surface area is 63.9 Å². The van der Waals surface area contributed by atoms with Gasteiger partial charge in [0.05, 0.1) is 10.9 Å². The molecular weight excluding hydrogens is 144 g/mol. The van der Waals surface area contributed by atoms with Gasteiger partial charge in [-0.2, -0.15) is 0 Å². The van der Waals surface area contributed by atoms with E-state index in [1.807, 2.05) is 14.0 Å². The zero-order chi connectivity index (χ0) is 7.56. The summed E-state index contributed by atoms with van der Waals surface area (Å²) in [6.45, 7) is 5.83. The molecule has 0 aliphatic rings. The summed E-state index contributed by atoms with van der Waals surface area (Å²) < 4.78 is 1.02. The van der Waals surface area contributed by atoms with E-state index in [0.717, 1.165) is 15.6 Å². The monoisotopic (exact) mass is 154 g/mol. The molecule has 0 unspecified atom stereocenters. The van der Waals surface area contributed by atoms with Crippen LogP contribution < -0.4 is 15.2 Å². The first-order valence-corrected chi connectivity index (χ1v) is 3.90. The molecular formula is C7H10N2S. The first-order valence-electron chi connectivity index (χ1n) is 3.03. The molecule has 0 fully saturated rings. The average molecular weight is 154 g/mol. The molecule has 1 rings (SSSR count). The maximum Gasteiger partial charge on any atom is 0.0991 e. The van der Waals surface area contributed by atoms with E-state index < -0.39 is 0 Å². The van der Waals surface area contributed by atoms with Crippen molar-refractivity contribution in [3.63, 3.8) is 0 Å². The molecule has 0 spiro atoms. The number of hydrogen-bond donors (Lipinski definition) is 1. The van der Waals surface area contributed by atoms with Crippen LogP contribution in [0.4, 0.5) is 0 Å². The van der Waals surface area contributed by atoms with Crippen LogP contribution in [0.2, 0.25) is 0 Å². The molecule has 54 valence electrons. The molecule has 0 atom stereocenters. The Kier molecular flexibility index (Phi) is 2.06. The van der Waals surface area contributed by atoms with Crippen LogP contribution in [0.25, 0.3) is 12.3 Å². The van der Waals surface area contributed by atoms with Crippen molar-refractivity contribution in [2.75, 3.05) is 7.05 Å². The van der Waals surface area contributed by atoms with Crippen molar-refractivity contribution in [3.05, 3.63) is 15.4 Å². The number of thiazole rings is 1. The fraction of sp³-hybridized carbons (Fsp3) is 0.286. The van der Waals surface area contributed by atoms with Gasteiger partial charge < -0.3 is 5.32 Å². The lowest BCUT2D eigenvalue weighted by Gasteiger charge is -1.92. The van der Waals surface area contributed by atoms with Crippen molar-refractivity contribution in [2.24, 2.45) is 0 Å². The molecule has 2 nitrogen and oxygen atoms in total. The summed E-state index contributed by atoms with van der Waals surface area (Å²) in [5, 5.41) is 4.01. The Balaban J connectivity index is 3.40. The van der Waals surface area contributed by atoms with Crippen LogP contribution in [0.5, 0.6) is 0 Å². The second-order valence-corrected chi connectivity index (χ2v) is 2.94. The largest absolute Gasteiger partial charge is 0.390 e. The minimum atomic E-state index is 0.979. The maximum absolute atomic E-state index is 4.14. The smallest absolute Gasteiger partial charge is 0.0991 e. The molecule has 0 amide bonds. The van der Waals surface area contributed by atoms with Gasteiger partial charge in [0.2, 0.25) is 0 Å². The van der Waals surface area contributed by atoms with Gasteiger partial charge in [-0.25, -0.2) is 4.98 Å². The van der Waals surface area contributed by atoms with E-state index in [0.29, 0.717) is 0 Å². The van der Waals surface area contributed by atoms with Crippen molar-refractivity contribution in [1.29, 1.82) is 0 Å². The normalized spacial score (nSPS) is 13.0. The van der Waals surface area contributed by atoms with Crippen molar-refractivity contribution < 1.29 is 0 Å². The van der Waals surface area contributed by atoms with E-state index in [1.54, 1.807) is 16.8 Å². The van der Waals surface area contributed by atoms with E-state index in [9.17, 15) is 0 Å². The molecule has 0 radical (unpaired) electrons. The highest BCUT2D eigenvalue weighted by Crippen LogP contribution is 1.79. The number of nitrogens with one attached hydrogen (secondary N) is 1. The molecule has 1 aromatic rings. The Morgan fingerprint density at radius 1 is 1.80 bits per heavy atom. The Bertz CT molecular complexity index is 313. The molecule has 0 aromatic carbocycles. The number of hydrogen-bond acceptors (Lipinski definition) is 3. The Morgan fingerprint density at radius 3 is 2.90 bits per heavy atom. The van der Waals surface area contributed by atoms with Gasteiger partial charge in [0, 0.05) is 17.3 Å². The van der Waals surface area contributed by atoms with Gasteiger partial charge in [0.25, 0.3) is 0 Å². The second-order valence-electron chi connectivity index (χ2n) is 2.00. The number of rotatable bonds is 1. The van der Waals surface area contributed by atoms with Crippen LogP contribution in [0.15, 0.2) is 5.51 Å². The standard InChI is InChI=1S/C7H10N2S/c1-5(8-3)7-6(2)10-4-9-7/h4,8H,2H2,1,3H3/b7-5-. The topological polar surface area (TPSA) is 24.9 Å². The van der Waals surface area contributed by atoms with Crippen molar-refractivity contribution in [3.8, 4) is 0 Å². The second kappa shape index (κ2) is 2.84. The van der Waals surface area contributed by atoms with Crippen molar-refractivity contribution in [1.82, 2.24) is 10.3 Å². The molecule has 0 saturated carbocycles.